The Morgan fingerprint density at radius 1 is 1.21 bits per heavy atom. The van der Waals surface area contributed by atoms with Crippen molar-refractivity contribution in [1.82, 2.24) is 10.3 Å². The second kappa shape index (κ2) is 7.04. The van der Waals surface area contributed by atoms with E-state index in [4.69, 9.17) is 0 Å². The lowest BCUT2D eigenvalue weighted by atomic mass is 9.72. The third kappa shape index (κ3) is 3.79. The minimum Gasteiger partial charge on any atom is -0.310 e. The lowest BCUT2D eigenvalue weighted by Gasteiger charge is -2.37. The van der Waals surface area contributed by atoms with Crippen molar-refractivity contribution < 1.29 is 0 Å². The topological polar surface area (TPSA) is 24.9 Å². The highest BCUT2D eigenvalue weighted by Crippen LogP contribution is 2.39. The molecule has 1 aromatic rings. The monoisotopic (exact) mass is 260 g/mol. The predicted molar refractivity (Wildman–Crippen MR) is 80.9 cm³/mol. The smallest absolute Gasteiger partial charge is 0.0349 e. The van der Waals surface area contributed by atoms with Crippen LogP contribution < -0.4 is 5.32 Å². The lowest BCUT2D eigenvalue weighted by Crippen LogP contribution is -2.33. The Kier molecular flexibility index (Phi) is 5.38. The molecule has 1 heterocycles. The van der Waals surface area contributed by atoms with E-state index in [1.807, 2.05) is 12.4 Å². The molecule has 2 heteroatoms. The van der Waals surface area contributed by atoms with E-state index >= 15 is 0 Å². The maximum absolute atomic E-state index is 4.15. The molecule has 0 bridgehead atoms. The summed E-state index contributed by atoms with van der Waals surface area (Å²) in [6.07, 6.45) is 9.12. The summed E-state index contributed by atoms with van der Waals surface area (Å²) >= 11 is 0. The van der Waals surface area contributed by atoms with Crippen LogP contribution in [0.3, 0.4) is 0 Å². The second-order valence-corrected chi connectivity index (χ2v) is 6.24. The van der Waals surface area contributed by atoms with Crippen molar-refractivity contribution in [3.63, 3.8) is 0 Å². The van der Waals surface area contributed by atoms with Crippen LogP contribution in [0.1, 0.15) is 58.1 Å². The van der Waals surface area contributed by atoms with Crippen molar-refractivity contribution in [3.05, 3.63) is 30.1 Å². The summed E-state index contributed by atoms with van der Waals surface area (Å²) in [4.78, 5) is 4.15. The van der Waals surface area contributed by atoms with Gasteiger partial charge in [-0.2, -0.15) is 0 Å². The van der Waals surface area contributed by atoms with Crippen LogP contribution in [0, 0.1) is 17.8 Å². The number of nitrogens with zero attached hydrogens (tertiary/aromatic N) is 1. The van der Waals surface area contributed by atoms with Gasteiger partial charge in [0.25, 0.3) is 0 Å². The van der Waals surface area contributed by atoms with E-state index in [1.165, 1.54) is 31.2 Å². The molecular formula is C17H28N2. The largest absolute Gasteiger partial charge is 0.310 e. The summed E-state index contributed by atoms with van der Waals surface area (Å²) in [5.41, 5.74) is 1.41. The molecule has 0 amide bonds. The third-order valence-electron chi connectivity index (χ3n) is 4.79. The molecule has 2 rings (SSSR count). The highest BCUT2D eigenvalue weighted by Gasteiger charge is 2.30. The Bertz CT molecular complexity index is 363. The molecule has 19 heavy (non-hydrogen) atoms. The lowest BCUT2D eigenvalue weighted by molar-refractivity contribution is 0.171. The SMILES string of the molecule is CCCNC(c1ccncc1)C1CCC(C)C(C)C1. The zero-order valence-corrected chi connectivity index (χ0v) is 12.6. The summed E-state index contributed by atoms with van der Waals surface area (Å²) in [6.45, 7) is 8.16. The summed E-state index contributed by atoms with van der Waals surface area (Å²) < 4.78 is 0. The Morgan fingerprint density at radius 3 is 2.58 bits per heavy atom. The van der Waals surface area contributed by atoms with E-state index in [1.54, 1.807) is 0 Å². The number of nitrogens with one attached hydrogen (secondary N) is 1. The quantitative estimate of drug-likeness (QED) is 0.858. The van der Waals surface area contributed by atoms with Crippen LogP contribution in [0.25, 0.3) is 0 Å². The van der Waals surface area contributed by atoms with Gasteiger partial charge in [-0.1, -0.05) is 27.2 Å². The number of rotatable bonds is 5. The Morgan fingerprint density at radius 2 is 1.95 bits per heavy atom. The van der Waals surface area contributed by atoms with Crippen LogP contribution in [0.4, 0.5) is 0 Å². The first kappa shape index (κ1) is 14.5. The van der Waals surface area contributed by atoms with Crippen LogP contribution >= 0.6 is 0 Å². The Balaban J connectivity index is 2.09. The molecule has 1 N–H and O–H groups in total. The summed E-state index contributed by atoms with van der Waals surface area (Å²) in [5, 5.41) is 3.76. The fourth-order valence-electron chi connectivity index (χ4n) is 3.32. The molecule has 0 aliphatic heterocycles. The highest BCUT2D eigenvalue weighted by molar-refractivity contribution is 5.16. The van der Waals surface area contributed by atoms with E-state index < -0.39 is 0 Å². The van der Waals surface area contributed by atoms with Crippen LogP contribution in [0.2, 0.25) is 0 Å². The van der Waals surface area contributed by atoms with E-state index in [9.17, 15) is 0 Å². The molecular weight excluding hydrogens is 232 g/mol. The average Bonchev–Trinajstić information content (AvgIpc) is 2.44. The van der Waals surface area contributed by atoms with Gasteiger partial charge in [0.1, 0.15) is 0 Å². The van der Waals surface area contributed by atoms with Crippen LogP contribution in [0.5, 0.6) is 0 Å². The highest BCUT2D eigenvalue weighted by atomic mass is 14.9. The number of hydrogen-bond acceptors (Lipinski definition) is 2. The van der Waals surface area contributed by atoms with E-state index in [0.29, 0.717) is 6.04 Å². The first-order valence-corrected chi connectivity index (χ1v) is 7.85. The first-order chi connectivity index (χ1) is 9.22. The van der Waals surface area contributed by atoms with Gasteiger partial charge in [0.05, 0.1) is 0 Å². The van der Waals surface area contributed by atoms with Gasteiger partial charge in [-0.3, -0.25) is 4.98 Å². The fourth-order valence-corrected chi connectivity index (χ4v) is 3.32. The van der Waals surface area contributed by atoms with E-state index in [2.05, 4.69) is 43.2 Å². The molecule has 1 fully saturated rings. The fraction of sp³-hybridized carbons (Fsp3) is 0.706. The van der Waals surface area contributed by atoms with Gasteiger partial charge < -0.3 is 5.32 Å². The van der Waals surface area contributed by atoms with Gasteiger partial charge in [0, 0.05) is 18.4 Å². The molecule has 1 aliphatic rings. The minimum atomic E-state index is 0.512. The molecule has 2 nitrogen and oxygen atoms in total. The predicted octanol–water partition coefficient (Wildman–Crippen LogP) is 4.19. The van der Waals surface area contributed by atoms with Gasteiger partial charge in [-0.15, -0.1) is 0 Å². The van der Waals surface area contributed by atoms with Crippen LogP contribution in [0.15, 0.2) is 24.5 Å². The number of hydrogen-bond donors (Lipinski definition) is 1. The van der Waals surface area contributed by atoms with Gasteiger partial charge in [-0.05, 0) is 61.3 Å². The van der Waals surface area contributed by atoms with Crippen LogP contribution in [-0.2, 0) is 0 Å². The van der Waals surface area contributed by atoms with Gasteiger partial charge in [0.2, 0.25) is 0 Å². The maximum Gasteiger partial charge on any atom is 0.0349 e. The zero-order chi connectivity index (χ0) is 13.7. The molecule has 1 aromatic heterocycles. The first-order valence-electron chi connectivity index (χ1n) is 7.85. The summed E-state index contributed by atoms with van der Waals surface area (Å²) in [6, 6.07) is 4.87. The van der Waals surface area contributed by atoms with Crippen molar-refractivity contribution in [1.29, 1.82) is 0 Å². The van der Waals surface area contributed by atoms with Gasteiger partial charge >= 0.3 is 0 Å². The second-order valence-electron chi connectivity index (χ2n) is 6.24. The Hall–Kier alpha value is -0.890. The molecule has 0 radical (unpaired) electrons. The molecule has 4 unspecified atom stereocenters. The summed E-state index contributed by atoms with van der Waals surface area (Å²) in [7, 11) is 0. The van der Waals surface area contributed by atoms with Crippen LogP contribution in [-0.4, -0.2) is 11.5 Å². The van der Waals surface area contributed by atoms with E-state index in [-0.39, 0.29) is 0 Å². The Labute approximate surface area is 118 Å². The van der Waals surface area contributed by atoms with Crippen molar-refractivity contribution in [3.8, 4) is 0 Å². The molecule has 1 saturated carbocycles. The van der Waals surface area contributed by atoms with E-state index in [0.717, 1.165) is 24.3 Å². The van der Waals surface area contributed by atoms with Crippen molar-refractivity contribution in [2.45, 2.75) is 52.5 Å². The average molecular weight is 260 g/mol. The van der Waals surface area contributed by atoms with Gasteiger partial charge in [-0.25, -0.2) is 0 Å². The minimum absolute atomic E-state index is 0.512. The van der Waals surface area contributed by atoms with Gasteiger partial charge in [0.15, 0.2) is 0 Å². The molecule has 4 atom stereocenters. The zero-order valence-electron chi connectivity index (χ0n) is 12.6. The molecule has 0 spiro atoms. The normalized spacial score (nSPS) is 29.1. The molecule has 0 aromatic carbocycles. The molecule has 0 saturated heterocycles. The standard InChI is InChI=1S/C17H28N2/c1-4-9-19-17(15-7-10-18-11-8-15)16-6-5-13(2)14(3)12-16/h7-8,10-11,13-14,16-17,19H,4-6,9,12H2,1-3H3. The molecule has 1 aliphatic carbocycles. The number of aromatic nitrogens is 1. The van der Waals surface area contributed by atoms with Crippen molar-refractivity contribution in [2.24, 2.45) is 17.8 Å². The molecule has 106 valence electrons. The number of pyridine rings is 1. The van der Waals surface area contributed by atoms with Crippen molar-refractivity contribution in [2.75, 3.05) is 6.54 Å². The third-order valence-corrected chi connectivity index (χ3v) is 4.79. The maximum atomic E-state index is 4.15. The van der Waals surface area contributed by atoms with Crippen molar-refractivity contribution >= 4 is 0 Å². The summed E-state index contributed by atoms with van der Waals surface area (Å²) in [5.74, 6) is 2.52.